The van der Waals surface area contributed by atoms with Gasteiger partial charge in [-0.15, -0.1) is 11.8 Å². The lowest BCUT2D eigenvalue weighted by atomic mass is 10.2. The first-order chi connectivity index (χ1) is 10.4. The normalized spacial score (nSPS) is 22.2. The van der Waals surface area contributed by atoms with Gasteiger partial charge in [0, 0.05) is 23.2 Å². The van der Waals surface area contributed by atoms with Crippen molar-refractivity contribution in [3.63, 3.8) is 0 Å². The summed E-state index contributed by atoms with van der Waals surface area (Å²) in [5.41, 5.74) is 0.604. The second-order valence-electron chi connectivity index (χ2n) is 5.65. The Bertz CT molecular complexity index is 560. The van der Waals surface area contributed by atoms with Crippen molar-refractivity contribution in [1.82, 2.24) is 4.90 Å². The number of benzene rings is 1. The first-order valence-corrected chi connectivity index (χ1v) is 8.28. The summed E-state index contributed by atoms with van der Waals surface area (Å²) in [4.78, 5) is 14.7. The molecule has 1 N–H and O–H groups in total. The molecule has 1 atom stereocenters. The number of anilines is 1. The zero-order chi connectivity index (χ0) is 15.7. The van der Waals surface area contributed by atoms with Crippen molar-refractivity contribution in [1.29, 1.82) is 0 Å². The molecule has 1 aliphatic carbocycles. The van der Waals surface area contributed by atoms with Crippen molar-refractivity contribution in [3.05, 3.63) is 24.3 Å². The molecule has 2 aliphatic rings. The molecule has 0 bridgehead atoms. The summed E-state index contributed by atoms with van der Waals surface area (Å²) in [6.45, 7) is 0.735. The Morgan fingerprint density at radius 2 is 1.95 bits per heavy atom. The van der Waals surface area contributed by atoms with Gasteiger partial charge in [0.2, 0.25) is 5.91 Å². The number of amides is 1. The lowest BCUT2D eigenvalue weighted by Gasteiger charge is -2.18. The number of thioether (sulfide) groups is 1. The molecule has 2 fully saturated rings. The molecule has 3 rings (SSSR count). The summed E-state index contributed by atoms with van der Waals surface area (Å²) in [5.74, 6) is -0.864. The van der Waals surface area contributed by atoms with E-state index < -0.39 is 11.9 Å². The highest BCUT2D eigenvalue weighted by Gasteiger charge is 2.40. The van der Waals surface area contributed by atoms with Crippen LogP contribution in [0.3, 0.4) is 0 Å². The van der Waals surface area contributed by atoms with Crippen molar-refractivity contribution in [2.24, 2.45) is 0 Å². The fourth-order valence-corrected chi connectivity index (χ4v) is 3.42. The van der Waals surface area contributed by atoms with Gasteiger partial charge < -0.3 is 10.2 Å². The van der Waals surface area contributed by atoms with Crippen molar-refractivity contribution in [2.75, 3.05) is 17.6 Å². The predicted octanol–water partition coefficient (Wildman–Crippen LogP) is 3.52. The lowest BCUT2D eigenvalue weighted by Crippen LogP contribution is -2.34. The van der Waals surface area contributed by atoms with Gasteiger partial charge in [-0.1, -0.05) is 12.1 Å². The number of likely N-dealkylation sites (tertiary alicyclic amines) is 1. The zero-order valence-electron chi connectivity index (χ0n) is 11.9. The van der Waals surface area contributed by atoms with Crippen molar-refractivity contribution in [3.8, 4) is 0 Å². The Balaban J connectivity index is 1.66. The summed E-state index contributed by atoms with van der Waals surface area (Å²) in [6.07, 6.45) is -1.37. The number of carbonyl (C=O) groups excluding carboxylic acids is 1. The van der Waals surface area contributed by atoms with Crippen LogP contribution in [0.25, 0.3) is 0 Å². The average Bonchev–Trinajstić information content (AvgIpc) is 3.23. The van der Waals surface area contributed by atoms with E-state index >= 15 is 0 Å². The van der Waals surface area contributed by atoms with Crippen molar-refractivity contribution in [2.45, 2.75) is 42.4 Å². The number of rotatable bonds is 5. The number of carbonyl (C=O) groups is 1. The standard InChI is InChI=1S/C15H17F3N2OS/c16-15(17,18)9-22-13-4-2-1-3-11(13)19-12-7-8-20(14(12)21)10-5-6-10/h1-4,10,12,19H,5-9H2. The van der Waals surface area contributed by atoms with Crippen LogP contribution in [0.1, 0.15) is 19.3 Å². The van der Waals surface area contributed by atoms with Crippen LogP contribution in [-0.4, -0.2) is 41.4 Å². The molecule has 0 radical (unpaired) electrons. The number of halogens is 3. The molecule has 120 valence electrons. The van der Waals surface area contributed by atoms with Crippen LogP contribution in [0.4, 0.5) is 18.9 Å². The highest BCUT2D eigenvalue weighted by molar-refractivity contribution is 7.99. The second kappa shape index (κ2) is 6.02. The molecule has 7 heteroatoms. The van der Waals surface area contributed by atoms with Crippen LogP contribution in [0.5, 0.6) is 0 Å². The first kappa shape index (κ1) is 15.5. The van der Waals surface area contributed by atoms with Gasteiger partial charge in [0.25, 0.3) is 0 Å². The van der Waals surface area contributed by atoms with Crippen molar-refractivity contribution < 1.29 is 18.0 Å². The third-order valence-corrected chi connectivity index (χ3v) is 4.97. The van der Waals surface area contributed by atoms with E-state index in [9.17, 15) is 18.0 Å². The van der Waals surface area contributed by atoms with Gasteiger partial charge in [-0.05, 0) is 31.4 Å². The maximum Gasteiger partial charge on any atom is 0.398 e. The van der Waals surface area contributed by atoms with E-state index in [0.717, 1.165) is 31.1 Å². The summed E-state index contributed by atoms with van der Waals surface area (Å²) in [7, 11) is 0. The van der Waals surface area contributed by atoms with Crippen LogP contribution in [0.15, 0.2) is 29.2 Å². The van der Waals surface area contributed by atoms with Gasteiger partial charge in [-0.25, -0.2) is 0 Å². The van der Waals surface area contributed by atoms with Gasteiger partial charge in [0.05, 0.1) is 5.75 Å². The summed E-state index contributed by atoms with van der Waals surface area (Å²) < 4.78 is 37.2. The van der Waals surface area contributed by atoms with E-state index in [4.69, 9.17) is 0 Å². The number of hydrogen-bond donors (Lipinski definition) is 1. The van der Waals surface area contributed by atoms with E-state index in [1.807, 2.05) is 4.90 Å². The lowest BCUT2D eigenvalue weighted by molar-refractivity contribution is -0.128. The predicted molar refractivity (Wildman–Crippen MR) is 80.0 cm³/mol. The van der Waals surface area contributed by atoms with Gasteiger partial charge in [-0.2, -0.15) is 13.2 Å². The molecule has 22 heavy (non-hydrogen) atoms. The average molecular weight is 330 g/mol. The molecule has 1 aliphatic heterocycles. The molecule has 0 aromatic heterocycles. The minimum absolute atomic E-state index is 0.0677. The smallest absolute Gasteiger partial charge is 0.373 e. The van der Waals surface area contributed by atoms with Crippen LogP contribution >= 0.6 is 11.8 Å². The van der Waals surface area contributed by atoms with Crippen LogP contribution in [0.2, 0.25) is 0 Å². The maximum atomic E-state index is 12.4. The fraction of sp³-hybridized carbons (Fsp3) is 0.533. The monoisotopic (exact) mass is 330 g/mol. The number of nitrogens with zero attached hydrogens (tertiary/aromatic N) is 1. The van der Waals surface area contributed by atoms with Gasteiger partial charge in [-0.3, -0.25) is 4.79 Å². The minimum Gasteiger partial charge on any atom is -0.373 e. The zero-order valence-corrected chi connectivity index (χ0v) is 12.7. The SMILES string of the molecule is O=C1C(Nc2ccccc2SCC(F)(F)F)CCN1C1CC1. The number of para-hydroxylation sites is 1. The van der Waals surface area contributed by atoms with Gasteiger partial charge in [0.15, 0.2) is 0 Å². The van der Waals surface area contributed by atoms with Gasteiger partial charge >= 0.3 is 6.18 Å². The van der Waals surface area contributed by atoms with Crippen LogP contribution in [0, 0.1) is 0 Å². The first-order valence-electron chi connectivity index (χ1n) is 7.29. The molecule has 1 saturated heterocycles. The van der Waals surface area contributed by atoms with Crippen LogP contribution in [-0.2, 0) is 4.79 Å². The second-order valence-corrected chi connectivity index (χ2v) is 6.67. The summed E-state index contributed by atoms with van der Waals surface area (Å²) >= 11 is 0.746. The van der Waals surface area contributed by atoms with E-state index in [2.05, 4.69) is 5.32 Å². The third kappa shape index (κ3) is 3.69. The van der Waals surface area contributed by atoms with Crippen LogP contribution < -0.4 is 5.32 Å². The van der Waals surface area contributed by atoms with E-state index in [1.54, 1.807) is 24.3 Å². The maximum absolute atomic E-state index is 12.4. The molecule has 1 amide bonds. The molecule has 1 aromatic rings. The van der Waals surface area contributed by atoms with E-state index in [1.165, 1.54) is 0 Å². The molecular weight excluding hydrogens is 313 g/mol. The molecule has 1 heterocycles. The molecule has 3 nitrogen and oxygen atoms in total. The summed E-state index contributed by atoms with van der Waals surface area (Å²) in [6, 6.07) is 6.90. The number of nitrogens with one attached hydrogen (secondary N) is 1. The van der Waals surface area contributed by atoms with E-state index in [0.29, 0.717) is 23.0 Å². The molecule has 1 unspecified atom stereocenters. The Kier molecular flexibility index (Phi) is 4.25. The third-order valence-electron chi connectivity index (χ3n) is 3.84. The number of alkyl halides is 3. The highest BCUT2D eigenvalue weighted by atomic mass is 32.2. The molecule has 1 aromatic carbocycles. The largest absolute Gasteiger partial charge is 0.398 e. The summed E-state index contributed by atoms with van der Waals surface area (Å²) in [5, 5.41) is 3.13. The molecule has 1 saturated carbocycles. The molecule has 0 spiro atoms. The Hall–Kier alpha value is -1.37. The fourth-order valence-electron chi connectivity index (χ4n) is 2.64. The van der Waals surface area contributed by atoms with Crippen molar-refractivity contribution >= 4 is 23.4 Å². The Morgan fingerprint density at radius 1 is 1.23 bits per heavy atom. The topological polar surface area (TPSA) is 32.3 Å². The molecular formula is C15H17F3N2OS. The highest BCUT2D eigenvalue weighted by Crippen LogP contribution is 2.35. The quantitative estimate of drug-likeness (QED) is 0.839. The van der Waals surface area contributed by atoms with E-state index in [-0.39, 0.29) is 11.9 Å². The minimum atomic E-state index is -4.20. The Morgan fingerprint density at radius 3 is 2.64 bits per heavy atom. The Labute approximate surface area is 131 Å². The number of hydrogen-bond acceptors (Lipinski definition) is 3. The van der Waals surface area contributed by atoms with Gasteiger partial charge in [0.1, 0.15) is 6.04 Å².